The van der Waals surface area contributed by atoms with Crippen molar-refractivity contribution in [1.82, 2.24) is 10.3 Å². The van der Waals surface area contributed by atoms with Crippen LogP contribution >= 0.6 is 0 Å². The van der Waals surface area contributed by atoms with E-state index in [0.29, 0.717) is 0 Å². The molecular formula is C11H12N4O2. The van der Waals surface area contributed by atoms with Crippen LogP contribution in [-0.2, 0) is 4.79 Å². The van der Waals surface area contributed by atoms with Crippen LogP contribution in [0.2, 0.25) is 0 Å². The summed E-state index contributed by atoms with van der Waals surface area (Å²) < 4.78 is 0. The lowest BCUT2D eigenvalue weighted by molar-refractivity contribution is -0.119. The lowest BCUT2D eigenvalue weighted by Gasteiger charge is -2.13. The summed E-state index contributed by atoms with van der Waals surface area (Å²) in [6, 6.07) is 5.92. The van der Waals surface area contributed by atoms with E-state index in [1.54, 1.807) is 12.1 Å². The van der Waals surface area contributed by atoms with Gasteiger partial charge < -0.3 is 11.1 Å². The molecule has 1 aromatic heterocycles. The summed E-state index contributed by atoms with van der Waals surface area (Å²) in [4.78, 5) is 26.6. The summed E-state index contributed by atoms with van der Waals surface area (Å²) in [7, 11) is 0. The van der Waals surface area contributed by atoms with Crippen LogP contribution in [0.1, 0.15) is 23.3 Å². The number of hydrogen-bond donors (Lipinski definition) is 2. The maximum atomic E-state index is 11.7. The fourth-order valence-electron chi connectivity index (χ4n) is 1.22. The van der Waals surface area contributed by atoms with Crippen LogP contribution in [0.25, 0.3) is 0 Å². The smallest absolute Gasteiger partial charge is 0.270 e. The van der Waals surface area contributed by atoms with E-state index in [0.717, 1.165) is 0 Å². The molecule has 0 saturated carbocycles. The van der Waals surface area contributed by atoms with Gasteiger partial charge in [-0.2, -0.15) is 5.26 Å². The van der Waals surface area contributed by atoms with Gasteiger partial charge >= 0.3 is 0 Å². The number of hydrogen-bond acceptors (Lipinski definition) is 4. The molecule has 0 bridgehead atoms. The first-order valence-electron chi connectivity index (χ1n) is 5.03. The summed E-state index contributed by atoms with van der Waals surface area (Å²) in [6.07, 6.45) is 1.82. The van der Waals surface area contributed by atoms with Crippen molar-refractivity contribution in [1.29, 1.82) is 5.26 Å². The summed E-state index contributed by atoms with van der Waals surface area (Å²) in [5, 5.41) is 10.9. The van der Waals surface area contributed by atoms with Gasteiger partial charge in [-0.3, -0.25) is 14.6 Å². The molecule has 0 aromatic carbocycles. The average molecular weight is 232 g/mol. The largest absolute Gasteiger partial charge is 0.368 e. The molecule has 0 aliphatic rings. The minimum Gasteiger partial charge on any atom is -0.368 e. The number of pyridine rings is 1. The van der Waals surface area contributed by atoms with Gasteiger partial charge in [-0.15, -0.1) is 0 Å². The molecule has 17 heavy (non-hydrogen) atoms. The molecule has 6 nitrogen and oxygen atoms in total. The third kappa shape index (κ3) is 3.91. The third-order valence-corrected chi connectivity index (χ3v) is 2.09. The molecule has 0 saturated heterocycles. The first-order valence-corrected chi connectivity index (χ1v) is 5.03. The fourth-order valence-corrected chi connectivity index (χ4v) is 1.22. The van der Waals surface area contributed by atoms with E-state index in [-0.39, 0.29) is 18.5 Å². The molecule has 0 aliphatic carbocycles. The van der Waals surface area contributed by atoms with Crippen LogP contribution < -0.4 is 11.1 Å². The van der Waals surface area contributed by atoms with Crippen molar-refractivity contribution in [3.05, 3.63) is 30.1 Å². The van der Waals surface area contributed by atoms with Gasteiger partial charge in [0.2, 0.25) is 5.91 Å². The summed E-state index contributed by atoms with van der Waals surface area (Å²) >= 11 is 0. The topological polar surface area (TPSA) is 109 Å². The van der Waals surface area contributed by atoms with E-state index >= 15 is 0 Å². The molecule has 2 amide bonds. The normalized spacial score (nSPS) is 11.2. The zero-order valence-corrected chi connectivity index (χ0v) is 9.09. The van der Waals surface area contributed by atoms with Crippen molar-refractivity contribution in [2.75, 3.05) is 0 Å². The van der Waals surface area contributed by atoms with Gasteiger partial charge in [-0.1, -0.05) is 6.07 Å². The van der Waals surface area contributed by atoms with Gasteiger partial charge in [0.25, 0.3) is 5.91 Å². The number of carbonyl (C=O) groups excluding carboxylic acids is 2. The maximum Gasteiger partial charge on any atom is 0.270 e. The molecule has 6 heteroatoms. The second kappa shape index (κ2) is 6.23. The molecule has 0 spiro atoms. The van der Waals surface area contributed by atoms with Crippen molar-refractivity contribution in [2.45, 2.75) is 18.9 Å². The lowest BCUT2D eigenvalue weighted by atomic mass is 10.1. The van der Waals surface area contributed by atoms with Crippen molar-refractivity contribution in [3.63, 3.8) is 0 Å². The highest BCUT2D eigenvalue weighted by Gasteiger charge is 2.18. The quantitative estimate of drug-likeness (QED) is 0.742. The van der Waals surface area contributed by atoms with E-state index < -0.39 is 17.9 Å². The Morgan fingerprint density at radius 1 is 1.53 bits per heavy atom. The van der Waals surface area contributed by atoms with Crippen LogP contribution in [-0.4, -0.2) is 22.8 Å². The van der Waals surface area contributed by atoms with E-state index in [1.165, 1.54) is 12.3 Å². The van der Waals surface area contributed by atoms with Crippen LogP contribution in [0, 0.1) is 11.3 Å². The van der Waals surface area contributed by atoms with Gasteiger partial charge in [0.05, 0.1) is 6.07 Å². The molecular weight excluding hydrogens is 220 g/mol. The summed E-state index contributed by atoms with van der Waals surface area (Å²) in [6.45, 7) is 0. The van der Waals surface area contributed by atoms with E-state index in [2.05, 4.69) is 10.3 Å². The first-order chi connectivity index (χ1) is 8.15. The molecule has 0 fully saturated rings. The second-order valence-corrected chi connectivity index (χ2v) is 3.34. The highest BCUT2D eigenvalue weighted by Crippen LogP contribution is 1.99. The fraction of sp³-hybridized carbons (Fsp3) is 0.273. The number of primary amides is 1. The maximum absolute atomic E-state index is 11.7. The van der Waals surface area contributed by atoms with Crippen molar-refractivity contribution in [2.24, 2.45) is 5.73 Å². The number of rotatable bonds is 5. The molecule has 1 heterocycles. The van der Waals surface area contributed by atoms with Crippen molar-refractivity contribution < 1.29 is 9.59 Å². The van der Waals surface area contributed by atoms with Crippen LogP contribution in [0.5, 0.6) is 0 Å². The van der Waals surface area contributed by atoms with E-state index in [9.17, 15) is 9.59 Å². The standard InChI is InChI=1S/C11H12N4O2/c12-6-3-5-8(10(13)16)15-11(17)9-4-1-2-7-14-9/h1-2,4,7-8H,3,5H2,(H2,13,16)(H,15,17)/t8-/m0/s1. The summed E-state index contributed by atoms with van der Waals surface area (Å²) in [5.41, 5.74) is 5.32. The highest BCUT2D eigenvalue weighted by atomic mass is 16.2. The molecule has 0 aliphatic heterocycles. The Bertz CT molecular complexity index is 439. The molecule has 1 aromatic rings. The van der Waals surface area contributed by atoms with Crippen LogP contribution in [0.4, 0.5) is 0 Å². The molecule has 0 radical (unpaired) electrons. The first kappa shape index (κ1) is 12.6. The summed E-state index contributed by atoms with van der Waals surface area (Å²) in [5.74, 6) is -1.14. The Labute approximate surface area is 98.4 Å². The molecule has 3 N–H and O–H groups in total. The third-order valence-electron chi connectivity index (χ3n) is 2.09. The zero-order chi connectivity index (χ0) is 12.7. The second-order valence-electron chi connectivity index (χ2n) is 3.34. The van der Waals surface area contributed by atoms with Crippen molar-refractivity contribution >= 4 is 11.8 Å². The number of nitrogens with one attached hydrogen (secondary N) is 1. The van der Waals surface area contributed by atoms with E-state index in [4.69, 9.17) is 11.0 Å². The number of carbonyl (C=O) groups is 2. The van der Waals surface area contributed by atoms with Gasteiger partial charge in [0.1, 0.15) is 11.7 Å². The Kier molecular flexibility index (Phi) is 4.63. The number of nitrogens with zero attached hydrogens (tertiary/aromatic N) is 2. The molecule has 88 valence electrons. The predicted molar refractivity (Wildman–Crippen MR) is 59.5 cm³/mol. The molecule has 1 rings (SSSR count). The van der Waals surface area contributed by atoms with Crippen LogP contribution in [0.15, 0.2) is 24.4 Å². The Hall–Kier alpha value is -2.42. The SMILES string of the molecule is N#CCC[C@H](NC(=O)c1ccccn1)C(N)=O. The van der Waals surface area contributed by atoms with E-state index in [1.807, 2.05) is 6.07 Å². The van der Waals surface area contributed by atoms with Gasteiger partial charge in [-0.05, 0) is 18.6 Å². The van der Waals surface area contributed by atoms with Gasteiger partial charge in [-0.25, -0.2) is 0 Å². The monoisotopic (exact) mass is 232 g/mol. The lowest BCUT2D eigenvalue weighted by Crippen LogP contribution is -2.44. The Morgan fingerprint density at radius 3 is 2.82 bits per heavy atom. The molecule has 0 unspecified atom stereocenters. The predicted octanol–water partition coefficient (Wildman–Crippen LogP) is -0.0309. The number of nitriles is 1. The zero-order valence-electron chi connectivity index (χ0n) is 9.09. The number of amides is 2. The van der Waals surface area contributed by atoms with Crippen molar-refractivity contribution in [3.8, 4) is 6.07 Å². The minimum absolute atomic E-state index is 0.149. The van der Waals surface area contributed by atoms with Gasteiger partial charge in [0, 0.05) is 12.6 Å². The number of nitrogens with two attached hydrogens (primary N) is 1. The number of aromatic nitrogens is 1. The average Bonchev–Trinajstić information content (AvgIpc) is 2.35. The Morgan fingerprint density at radius 2 is 2.29 bits per heavy atom. The van der Waals surface area contributed by atoms with Crippen LogP contribution in [0.3, 0.4) is 0 Å². The Balaban J connectivity index is 2.65. The minimum atomic E-state index is -0.843. The molecule has 1 atom stereocenters. The highest BCUT2D eigenvalue weighted by molar-refractivity contribution is 5.95. The van der Waals surface area contributed by atoms with Gasteiger partial charge in [0.15, 0.2) is 0 Å².